The van der Waals surface area contributed by atoms with Gasteiger partial charge in [0.25, 0.3) is 0 Å². The molecule has 8 heteroatoms. The molecule has 0 bridgehead atoms. The number of amides is 1. The van der Waals surface area contributed by atoms with Crippen LogP contribution in [0.15, 0.2) is 0 Å². The summed E-state index contributed by atoms with van der Waals surface area (Å²) in [5.74, 6) is 0.694. The summed E-state index contributed by atoms with van der Waals surface area (Å²) in [7, 11) is -1.21. The van der Waals surface area contributed by atoms with Crippen LogP contribution in [0.4, 0.5) is 0 Å². The standard InChI is InChI=1S/C13H26N4O3S/c1-15(12(9-14)11-3-4-11)10-13(18)16-5-7-17(8-6-16)21(2,19)20/h11-12H,3-10,14H2,1-2H3. The van der Waals surface area contributed by atoms with Crippen molar-refractivity contribution in [2.45, 2.75) is 18.9 Å². The topological polar surface area (TPSA) is 87.0 Å². The van der Waals surface area contributed by atoms with Gasteiger partial charge in [0.15, 0.2) is 0 Å². The Bertz CT molecular complexity index is 470. The monoisotopic (exact) mass is 318 g/mol. The lowest BCUT2D eigenvalue weighted by molar-refractivity contribution is -0.133. The molecule has 1 saturated carbocycles. The molecule has 122 valence electrons. The molecule has 1 unspecified atom stereocenters. The Labute approximate surface area is 127 Å². The van der Waals surface area contributed by atoms with Crippen LogP contribution in [-0.4, -0.2) is 87.0 Å². The maximum absolute atomic E-state index is 12.3. The third-order valence-electron chi connectivity index (χ3n) is 4.42. The van der Waals surface area contributed by atoms with Gasteiger partial charge in [-0.05, 0) is 25.8 Å². The Kier molecular flexibility index (Phi) is 5.24. The van der Waals surface area contributed by atoms with E-state index in [9.17, 15) is 13.2 Å². The molecule has 1 atom stereocenters. The van der Waals surface area contributed by atoms with Gasteiger partial charge in [0.1, 0.15) is 0 Å². The second kappa shape index (κ2) is 6.60. The maximum Gasteiger partial charge on any atom is 0.236 e. The molecule has 2 aliphatic rings. The molecule has 0 aromatic carbocycles. The van der Waals surface area contributed by atoms with Crippen molar-refractivity contribution < 1.29 is 13.2 Å². The minimum Gasteiger partial charge on any atom is -0.339 e. The summed E-state index contributed by atoms with van der Waals surface area (Å²) in [5.41, 5.74) is 5.79. The van der Waals surface area contributed by atoms with Crippen LogP contribution in [0.25, 0.3) is 0 Å². The van der Waals surface area contributed by atoms with Crippen LogP contribution >= 0.6 is 0 Å². The van der Waals surface area contributed by atoms with Gasteiger partial charge in [-0.2, -0.15) is 4.31 Å². The van der Waals surface area contributed by atoms with Crippen molar-refractivity contribution in [3.63, 3.8) is 0 Å². The van der Waals surface area contributed by atoms with Gasteiger partial charge >= 0.3 is 0 Å². The van der Waals surface area contributed by atoms with E-state index in [0.717, 1.165) is 0 Å². The number of nitrogens with zero attached hydrogens (tertiary/aromatic N) is 3. The van der Waals surface area contributed by atoms with E-state index in [4.69, 9.17) is 5.73 Å². The van der Waals surface area contributed by atoms with Gasteiger partial charge in [0, 0.05) is 38.8 Å². The number of carbonyl (C=O) groups excluding carboxylic acids is 1. The summed E-state index contributed by atoms with van der Waals surface area (Å²) in [4.78, 5) is 16.1. The Hall–Kier alpha value is -0.700. The molecule has 0 aromatic rings. The number of hydrogen-bond acceptors (Lipinski definition) is 5. The highest BCUT2D eigenvalue weighted by Crippen LogP contribution is 2.34. The van der Waals surface area contributed by atoms with Crippen LogP contribution in [0, 0.1) is 5.92 Å². The largest absolute Gasteiger partial charge is 0.339 e. The highest BCUT2D eigenvalue weighted by molar-refractivity contribution is 7.88. The van der Waals surface area contributed by atoms with Gasteiger partial charge in [-0.15, -0.1) is 0 Å². The van der Waals surface area contributed by atoms with Crippen molar-refractivity contribution in [2.75, 3.05) is 52.6 Å². The van der Waals surface area contributed by atoms with Crippen molar-refractivity contribution in [3.8, 4) is 0 Å². The number of hydrogen-bond donors (Lipinski definition) is 1. The molecule has 7 nitrogen and oxygen atoms in total. The Balaban J connectivity index is 1.82. The van der Waals surface area contributed by atoms with Crippen LogP contribution in [0.5, 0.6) is 0 Å². The molecule has 0 radical (unpaired) electrons. The molecule has 2 rings (SSSR count). The minimum absolute atomic E-state index is 0.0600. The average molecular weight is 318 g/mol. The summed E-state index contributed by atoms with van der Waals surface area (Å²) in [6.45, 7) is 2.65. The second-order valence-corrected chi connectivity index (χ2v) is 8.08. The lowest BCUT2D eigenvalue weighted by Gasteiger charge is -2.35. The lowest BCUT2D eigenvalue weighted by atomic mass is 10.1. The van der Waals surface area contributed by atoms with Gasteiger partial charge in [-0.25, -0.2) is 8.42 Å². The van der Waals surface area contributed by atoms with Crippen LogP contribution in [0.3, 0.4) is 0 Å². The molecule has 0 spiro atoms. The first kappa shape index (κ1) is 16.7. The van der Waals surface area contributed by atoms with E-state index in [1.807, 2.05) is 11.9 Å². The zero-order chi connectivity index (χ0) is 15.6. The van der Waals surface area contributed by atoms with Gasteiger partial charge < -0.3 is 10.6 Å². The van der Waals surface area contributed by atoms with Crippen LogP contribution < -0.4 is 5.73 Å². The first-order chi connectivity index (χ1) is 9.82. The molecule has 1 aliphatic heterocycles. The molecule has 2 fully saturated rings. The fourth-order valence-electron chi connectivity index (χ4n) is 2.91. The smallest absolute Gasteiger partial charge is 0.236 e. The summed E-state index contributed by atoms with van der Waals surface area (Å²) in [5, 5.41) is 0. The molecule has 1 saturated heterocycles. The van der Waals surface area contributed by atoms with E-state index in [1.54, 1.807) is 4.90 Å². The SMILES string of the molecule is CN(CC(=O)N1CCN(S(C)(=O)=O)CC1)C(CN)C1CC1. The van der Waals surface area contributed by atoms with Gasteiger partial charge in [-0.1, -0.05) is 0 Å². The van der Waals surface area contributed by atoms with Gasteiger partial charge in [-0.3, -0.25) is 9.69 Å². The summed E-state index contributed by atoms with van der Waals surface area (Å²) >= 11 is 0. The minimum atomic E-state index is -3.15. The van der Waals surface area contributed by atoms with Crippen LogP contribution in [-0.2, 0) is 14.8 Å². The van der Waals surface area contributed by atoms with Gasteiger partial charge in [0.2, 0.25) is 15.9 Å². The highest BCUT2D eigenvalue weighted by atomic mass is 32.2. The molecule has 21 heavy (non-hydrogen) atoms. The molecular formula is C13H26N4O3S. The maximum atomic E-state index is 12.3. The van der Waals surface area contributed by atoms with E-state index in [2.05, 4.69) is 0 Å². The summed E-state index contributed by atoms with van der Waals surface area (Å²) in [6, 6.07) is 0.284. The number of piperazine rings is 1. The zero-order valence-electron chi connectivity index (χ0n) is 12.9. The molecule has 1 aliphatic carbocycles. The number of nitrogens with two attached hydrogens (primary N) is 1. The normalized spacial score (nSPS) is 22.6. The van der Waals surface area contributed by atoms with E-state index in [-0.39, 0.29) is 11.9 Å². The fraction of sp³-hybridized carbons (Fsp3) is 0.923. The lowest BCUT2D eigenvalue weighted by Crippen LogP contribution is -2.53. The van der Waals surface area contributed by atoms with Crippen molar-refractivity contribution >= 4 is 15.9 Å². The van der Waals surface area contributed by atoms with Crippen LogP contribution in [0.2, 0.25) is 0 Å². The second-order valence-electron chi connectivity index (χ2n) is 6.10. The Morgan fingerprint density at radius 2 is 1.86 bits per heavy atom. The van der Waals surface area contributed by atoms with Crippen molar-refractivity contribution in [1.29, 1.82) is 0 Å². The first-order valence-corrected chi connectivity index (χ1v) is 9.31. The number of rotatable bonds is 6. The Morgan fingerprint density at radius 3 is 2.29 bits per heavy atom. The molecule has 1 amide bonds. The first-order valence-electron chi connectivity index (χ1n) is 7.46. The summed E-state index contributed by atoms with van der Waals surface area (Å²) in [6.07, 6.45) is 3.61. The van der Waals surface area contributed by atoms with E-state index in [0.29, 0.717) is 45.2 Å². The predicted octanol–water partition coefficient (Wildman–Crippen LogP) is -1.24. The quantitative estimate of drug-likeness (QED) is 0.662. The molecule has 1 heterocycles. The van der Waals surface area contributed by atoms with E-state index >= 15 is 0 Å². The zero-order valence-corrected chi connectivity index (χ0v) is 13.7. The fourth-order valence-corrected chi connectivity index (χ4v) is 3.74. The van der Waals surface area contributed by atoms with Gasteiger partial charge in [0.05, 0.1) is 12.8 Å². The highest BCUT2D eigenvalue weighted by Gasteiger charge is 2.34. The van der Waals surface area contributed by atoms with Crippen LogP contribution in [0.1, 0.15) is 12.8 Å². The number of likely N-dealkylation sites (N-methyl/N-ethyl adjacent to an activating group) is 1. The van der Waals surface area contributed by atoms with E-state index in [1.165, 1.54) is 23.4 Å². The third-order valence-corrected chi connectivity index (χ3v) is 5.72. The molecular weight excluding hydrogens is 292 g/mol. The van der Waals surface area contributed by atoms with Crippen molar-refractivity contribution in [2.24, 2.45) is 11.7 Å². The van der Waals surface area contributed by atoms with E-state index < -0.39 is 10.0 Å². The van der Waals surface area contributed by atoms with Crippen molar-refractivity contribution in [3.05, 3.63) is 0 Å². The predicted molar refractivity (Wildman–Crippen MR) is 81.2 cm³/mol. The molecule has 2 N–H and O–H groups in total. The third kappa shape index (κ3) is 4.38. The number of sulfonamides is 1. The Morgan fingerprint density at radius 1 is 1.29 bits per heavy atom. The number of carbonyl (C=O) groups is 1. The summed E-state index contributed by atoms with van der Waals surface area (Å²) < 4.78 is 24.3. The average Bonchev–Trinajstić information content (AvgIpc) is 3.23. The molecule has 0 aromatic heterocycles. The van der Waals surface area contributed by atoms with Crippen molar-refractivity contribution in [1.82, 2.24) is 14.1 Å².